The van der Waals surface area contributed by atoms with E-state index in [0.29, 0.717) is 12.4 Å². The van der Waals surface area contributed by atoms with Gasteiger partial charge >= 0.3 is 0 Å². The molecule has 4 rings (SSSR count). The Morgan fingerprint density at radius 2 is 1.71 bits per heavy atom. The van der Waals surface area contributed by atoms with Crippen LogP contribution >= 0.6 is 11.3 Å². The molecule has 1 unspecified atom stereocenters. The number of thiophene rings is 1. The van der Waals surface area contributed by atoms with Crippen LogP contribution in [-0.2, 0) is 11.4 Å². The predicted octanol–water partition coefficient (Wildman–Crippen LogP) is 5.07. The van der Waals surface area contributed by atoms with Crippen LogP contribution in [0.25, 0.3) is 0 Å². The molecule has 2 aromatic carbocycles. The minimum absolute atomic E-state index is 0.0419. The van der Waals surface area contributed by atoms with Crippen LogP contribution in [0.5, 0.6) is 11.5 Å². The van der Waals surface area contributed by atoms with Crippen LogP contribution in [0.3, 0.4) is 0 Å². The van der Waals surface area contributed by atoms with Gasteiger partial charge in [0.1, 0.15) is 18.1 Å². The van der Waals surface area contributed by atoms with Gasteiger partial charge in [0.15, 0.2) is 6.61 Å². The van der Waals surface area contributed by atoms with Crippen molar-refractivity contribution in [2.24, 2.45) is 0 Å². The lowest BCUT2D eigenvalue weighted by Gasteiger charge is -2.24. The second-order valence-electron chi connectivity index (χ2n) is 6.79. The van der Waals surface area contributed by atoms with Crippen LogP contribution in [0.4, 0.5) is 0 Å². The van der Waals surface area contributed by atoms with E-state index in [1.807, 2.05) is 65.6 Å². The van der Waals surface area contributed by atoms with Crippen LogP contribution in [0.15, 0.2) is 72.1 Å². The van der Waals surface area contributed by atoms with E-state index in [0.717, 1.165) is 30.7 Å². The maximum atomic E-state index is 12.6. The molecule has 4 nitrogen and oxygen atoms in total. The summed E-state index contributed by atoms with van der Waals surface area (Å²) >= 11 is 1.71. The fourth-order valence-electron chi connectivity index (χ4n) is 3.44. The molecule has 1 fully saturated rings. The molecule has 0 N–H and O–H groups in total. The van der Waals surface area contributed by atoms with Gasteiger partial charge in [0.05, 0.1) is 6.04 Å². The van der Waals surface area contributed by atoms with E-state index in [1.54, 1.807) is 11.3 Å². The fraction of sp³-hybridized carbons (Fsp3) is 0.261. The molecule has 28 heavy (non-hydrogen) atoms. The summed E-state index contributed by atoms with van der Waals surface area (Å²) in [6, 6.07) is 21.8. The first-order valence-corrected chi connectivity index (χ1v) is 10.4. The summed E-state index contributed by atoms with van der Waals surface area (Å²) in [4.78, 5) is 15.8. The monoisotopic (exact) mass is 393 g/mol. The molecule has 5 heteroatoms. The Bertz CT molecular complexity index is 878. The molecule has 1 amide bonds. The summed E-state index contributed by atoms with van der Waals surface area (Å²) < 4.78 is 11.5. The van der Waals surface area contributed by atoms with Crippen LogP contribution in [0, 0.1) is 0 Å². The van der Waals surface area contributed by atoms with Gasteiger partial charge in [0, 0.05) is 11.4 Å². The Balaban J connectivity index is 1.28. The van der Waals surface area contributed by atoms with Crippen molar-refractivity contribution < 1.29 is 14.3 Å². The lowest BCUT2D eigenvalue weighted by Crippen LogP contribution is -2.34. The molecule has 1 aromatic heterocycles. The van der Waals surface area contributed by atoms with E-state index >= 15 is 0 Å². The van der Waals surface area contributed by atoms with Gasteiger partial charge in [-0.2, -0.15) is 0 Å². The van der Waals surface area contributed by atoms with Crippen molar-refractivity contribution in [2.75, 3.05) is 13.2 Å². The Morgan fingerprint density at radius 1 is 0.964 bits per heavy atom. The minimum atomic E-state index is 0.0419. The van der Waals surface area contributed by atoms with Crippen LogP contribution in [0.2, 0.25) is 0 Å². The third kappa shape index (κ3) is 4.54. The maximum Gasteiger partial charge on any atom is 0.261 e. The SMILES string of the molecule is O=C(COc1ccc(OCc2ccccc2)cc1)N1CCCC1c1cccs1. The normalized spacial score (nSPS) is 16.1. The van der Waals surface area contributed by atoms with Gasteiger partial charge in [-0.25, -0.2) is 0 Å². The van der Waals surface area contributed by atoms with Gasteiger partial charge in [-0.05, 0) is 54.1 Å². The van der Waals surface area contributed by atoms with Gasteiger partial charge in [0.25, 0.3) is 5.91 Å². The Labute approximate surface area is 169 Å². The zero-order chi connectivity index (χ0) is 19.2. The number of carbonyl (C=O) groups excluding carboxylic acids is 1. The van der Waals surface area contributed by atoms with Gasteiger partial charge in [-0.15, -0.1) is 11.3 Å². The summed E-state index contributed by atoms with van der Waals surface area (Å²) in [6.45, 7) is 1.39. The molecule has 1 aliphatic rings. The lowest BCUT2D eigenvalue weighted by atomic mass is 10.2. The second-order valence-corrected chi connectivity index (χ2v) is 7.77. The van der Waals surface area contributed by atoms with Crippen LogP contribution in [0.1, 0.15) is 29.3 Å². The number of rotatable bonds is 7. The largest absolute Gasteiger partial charge is 0.489 e. The van der Waals surface area contributed by atoms with E-state index in [9.17, 15) is 4.79 Å². The van der Waals surface area contributed by atoms with E-state index in [-0.39, 0.29) is 18.6 Å². The smallest absolute Gasteiger partial charge is 0.261 e. The molecule has 0 spiro atoms. The topological polar surface area (TPSA) is 38.8 Å². The summed E-state index contributed by atoms with van der Waals surface area (Å²) in [6.07, 6.45) is 2.07. The molecule has 3 aromatic rings. The number of likely N-dealkylation sites (tertiary alicyclic amines) is 1. The summed E-state index contributed by atoms with van der Waals surface area (Å²) in [5.74, 6) is 1.49. The number of hydrogen-bond acceptors (Lipinski definition) is 4. The van der Waals surface area contributed by atoms with Gasteiger partial charge in [0.2, 0.25) is 0 Å². The standard InChI is InChI=1S/C23H23NO3S/c25-23(24-14-4-8-21(24)22-9-5-15-28-22)17-27-20-12-10-19(11-13-20)26-16-18-6-2-1-3-7-18/h1-3,5-7,9-13,15,21H,4,8,14,16-17H2. The lowest BCUT2D eigenvalue weighted by molar-refractivity contribution is -0.134. The quantitative estimate of drug-likeness (QED) is 0.563. The second kappa shape index (κ2) is 8.93. The highest BCUT2D eigenvalue weighted by Gasteiger charge is 2.30. The average molecular weight is 394 g/mol. The number of ether oxygens (including phenoxy) is 2. The highest BCUT2D eigenvalue weighted by molar-refractivity contribution is 7.10. The van der Waals surface area contributed by atoms with E-state index in [2.05, 4.69) is 11.4 Å². The van der Waals surface area contributed by atoms with Crippen molar-refractivity contribution in [1.29, 1.82) is 0 Å². The molecule has 1 atom stereocenters. The summed E-state index contributed by atoms with van der Waals surface area (Å²) in [7, 11) is 0. The van der Waals surface area contributed by atoms with Crippen molar-refractivity contribution in [2.45, 2.75) is 25.5 Å². The molecule has 1 saturated heterocycles. The maximum absolute atomic E-state index is 12.6. The van der Waals surface area contributed by atoms with Crippen molar-refractivity contribution in [1.82, 2.24) is 4.90 Å². The Hall–Kier alpha value is -2.79. The van der Waals surface area contributed by atoms with Gasteiger partial charge in [-0.1, -0.05) is 36.4 Å². The number of carbonyl (C=O) groups is 1. The molecule has 0 bridgehead atoms. The number of amides is 1. The van der Waals surface area contributed by atoms with Crippen molar-refractivity contribution in [3.63, 3.8) is 0 Å². The van der Waals surface area contributed by atoms with E-state index < -0.39 is 0 Å². The first kappa shape index (κ1) is 18.6. The average Bonchev–Trinajstić information content (AvgIpc) is 3.43. The zero-order valence-electron chi connectivity index (χ0n) is 15.6. The van der Waals surface area contributed by atoms with Crippen LogP contribution < -0.4 is 9.47 Å². The zero-order valence-corrected chi connectivity index (χ0v) is 16.4. The molecule has 144 valence electrons. The Morgan fingerprint density at radius 3 is 2.43 bits per heavy atom. The first-order chi connectivity index (χ1) is 13.8. The molecule has 0 aliphatic carbocycles. The first-order valence-electron chi connectivity index (χ1n) is 9.52. The fourth-order valence-corrected chi connectivity index (χ4v) is 4.32. The van der Waals surface area contributed by atoms with Gasteiger partial charge in [-0.3, -0.25) is 4.79 Å². The minimum Gasteiger partial charge on any atom is -0.489 e. The number of hydrogen-bond donors (Lipinski definition) is 0. The molecule has 2 heterocycles. The molecular weight excluding hydrogens is 370 g/mol. The van der Waals surface area contributed by atoms with Crippen molar-refractivity contribution >= 4 is 17.2 Å². The molecular formula is C23H23NO3S. The molecule has 0 radical (unpaired) electrons. The van der Waals surface area contributed by atoms with E-state index in [4.69, 9.17) is 9.47 Å². The molecule has 0 saturated carbocycles. The van der Waals surface area contributed by atoms with Gasteiger partial charge < -0.3 is 14.4 Å². The van der Waals surface area contributed by atoms with Crippen molar-refractivity contribution in [3.8, 4) is 11.5 Å². The Kier molecular flexibility index (Phi) is 5.92. The van der Waals surface area contributed by atoms with Crippen LogP contribution in [-0.4, -0.2) is 24.0 Å². The summed E-state index contributed by atoms with van der Waals surface area (Å²) in [5, 5.41) is 2.06. The molecule has 1 aliphatic heterocycles. The van der Waals surface area contributed by atoms with E-state index in [1.165, 1.54) is 4.88 Å². The van der Waals surface area contributed by atoms with Crippen molar-refractivity contribution in [3.05, 3.63) is 82.6 Å². The highest BCUT2D eigenvalue weighted by Crippen LogP contribution is 2.34. The predicted molar refractivity (Wildman–Crippen MR) is 111 cm³/mol. The highest BCUT2D eigenvalue weighted by atomic mass is 32.1. The third-order valence-corrected chi connectivity index (χ3v) is 5.85. The number of nitrogens with zero attached hydrogens (tertiary/aromatic N) is 1. The number of benzene rings is 2. The summed E-state index contributed by atoms with van der Waals surface area (Å²) in [5.41, 5.74) is 1.12. The third-order valence-electron chi connectivity index (χ3n) is 4.88.